The van der Waals surface area contributed by atoms with E-state index in [9.17, 15) is 4.79 Å². The molecule has 322 valence electrons. The highest BCUT2D eigenvalue weighted by atomic mass is 16.2. The van der Waals surface area contributed by atoms with Crippen LogP contribution in [0.5, 0.6) is 0 Å². The van der Waals surface area contributed by atoms with E-state index in [4.69, 9.17) is 10.1 Å². The topological polar surface area (TPSA) is 76.8 Å². The molecular formula is C50H85N5O2. The summed E-state index contributed by atoms with van der Waals surface area (Å²) in [6.07, 6.45) is 47.4. The molecule has 0 aliphatic rings. The molecule has 1 N–H and O–H groups in total. The second kappa shape index (κ2) is 37.1. The van der Waals surface area contributed by atoms with Crippen molar-refractivity contribution in [2.45, 2.75) is 207 Å². The van der Waals surface area contributed by atoms with Crippen LogP contribution in [0.15, 0.2) is 88.4 Å². The van der Waals surface area contributed by atoms with Gasteiger partial charge < -0.3 is 18.8 Å². The van der Waals surface area contributed by atoms with Gasteiger partial charge in [0.2, 0.25) is 0 Å². The minimum absolute atomic E-state index is 0.0889. The molecule has 3 rings (SSSR count). The summed E-state index contributed by atoms with van der Waals surface area (Å²) >= 11 is 0. The highest BCUT2D eigenvalue weighted by Crippen LogP contribution is 2.11. The zero-order valence-electron chi connectivity index (χ0n) is 36.9. The van der Waals surface area contributed by atoms with E-state index in [2.05, 4.69) is 81.6 Å². The zero-order valence-corrected chi connectivity index (χ0v) is 36.9. The minimum atomic E-state index is 0.0889. The van der Waals surface area contributed by atoms with Gasteiger partial charge in [0.1, 0.15) is 0 Å². The molecule has 3 aromatic rings. The molecule has 0 bridgehead atoms. The van der Waals surface area contributed by atoms with E-state index < -0.39 is 0 Å². The SMILES string of the molecule is CCCCCCCCN=c1ccn(CCCCCCCCCCn2ccc(=O)cc2)cc1.CCCCCCCN=c1ccn(CCCCCCCCCCO)cc1. The highest BCUT2D eigenvalue weighted by Gasteiger charge is 1.97. The number of rotatable bonds is 34. The molecule has 0 unspecified atom stereocenters. The van der Waals surface area contributed by atoms with Gasteiger partial charge in [-0.15, -0.1) is 0 Å². The second-order valence-corrected chi connectivity index (χ2v) is 16.2. The van der Waals surface area contributed by atoms with Gasteiger partial charge in [0.15, 0.2) is 5.43 Å². The molecule has 0 atom stereocenters. The highest BCUT2D eigenvalue weighted by molar-refractivity contribution is 4.95. The molecule has 0 radical (unpaired) electrons. The van der Waals surface area contributed by atoms with Crippen LogP contribution in [0.4, 0.5) is 0 Å². The van der Waals surface area contributed by atoms with E-state index in [1.807, 2.05) is 12.4 Å². The Hall–Kier alpha value is -3.19. The van der Waals surface area contributed by atoms with Crippen LogP contribution >= 0.6 is 0 Å². The van der Waals surface area contributed by atoms with E-state index in [0.29, 0.717) is 6.61 Å². The molecule has 57 heavy (non-hydrogen) atoms. The summed E-state index contributed by atoms with van der Waals surface area (Å²) in [7, 11) is 0. The Kier molecular flexibility index (Phi) is 32.5. The van der Waals surface area contributed by atoms with Crippen LogP contribution in [0.25, 0.3) is 0 Å². The third kappa shape index (κ3) is 29.7. The molecule has 3 aromatic heterocycles. The van der Waals surface area contributed by atoms with Crippen LogP contribution in [0, 0.1) is 0 Å². The molecule has 0 aromatic carbocycles. The molecule has 0 aliphatic heterocycles. The largest absolute Gasteiger partial charge is 0.396 e. The van der Waals surface area contributed by atoms with E-state index >= 15 is 0 Å². The van der Waals surface area contributed by atoms with Crippen molar-refractivity contribution in [2.24, 2.45) is 9.98 Å². The monoisotopic (exact) mass is 788 g/mol. The number of aliphatic hydroxyl groups excluding tert-OH is 1. The van der Waals surface area contributed by atoms with Gasteiger partial charge >= 0.3 is 0 Å². The number of aryl methyl sites for hydroxylation is 3. The maximum Gasteiger partial charge on any atom is 0.181 e. The van der Waals surface area contributed by atoms with Crippen molar-refractivity contribution in [2.75, 3.05) is 19.7 Å². The first-order valence-electron chi connectivity index (χ1n) is 23.7. The average Bonchev–Trinajstić information content (AvgIpc) is 3.23. The van der Waals surface area contributed by atoms with Gasteiger partial charge in [-0.3, -0.25) is 14.8 Å². The van der Waals surface area contributed by atoms with Gasteiger partial charge in [0.05, 0.1) is 10.7 Å². The molecule has 7 heteroatoms. The van der Waals surface area contributed by atoms with Gasteiger partial charge in [-0.1, -0.05) is 149 Å². The number of aliphatic hydroxyl groups is 1. The van der Waals surface area contributed by atoms with Crippen LogP contribution in [0.1, 0.15) is 187 Å². The number of unbranched alkanes of at least 4 members (excludes halogenated alkanes) is 23. The predicted molar refractivity (Wildman–Crippen MR) is 244 cm³/mol. The molecular weight excluding hydrogens is 703 g/mol. The van der Waals surface area contributed by atoms with Gasteiger partial charge in [0, 0.05) is 88.6 Å². The van der Waals surface area contributed by atoms with E-state index in [1.165, 1.54) is 167 Å². The lowest BCUT2D eigenvalue weighted by atomic mass is 10.1. The number of pyridine rings is 3. The first kappa shape index (κ1) is 50.0. The number of aromatic nitrogens is 3. The van der Waals surface area contributed by atoms with Crippen molar-refractivity contribution in [1.29, 1.82) is 0 Å². The molecule has 7 nitrogen and oxygen atoms in total. The first-order valence-corrected chi connectivity index (χ1v) is 23.7. The lowest BCUT2D eigenvalue weighted by Gasteiger charge is -2.07. The fraction of sp³-hybridized carbons (Fsp3) is 0.700. The molecule has 0 spiro atoms. The normalized spacial score (nSPS) is 11.0. The molecule has 0 aliphatic carbocycles. The van der Waals surface area contributed by atoms with Crippen LogP contribution in [-0.2, 0) is 19.6 Å². The van der Waals surface area contributed by atoms with Crippen molar-refractivity contribution in [3.05, 3.63) is 94.5 Å². The standard InChI is InChI=1S/C28H45N3O.C22H40N2O/c1-2-3-4-5-10-13-20-29-27-16-23-30(24-17-27)21-14-11-8-6-7-9-12-15-22-31-25-18-28(32)19-26-31;1-2-3-4-9-12-17-23-22-15-19-24(20-16-22)18-13-10-7-5-6-8-11-14-21-25/h16-19,23-26H,2-15,20-22H2,1H3;15-16,19-20,25H,2-14,17-18,21H2,1H3. The molecule has 3 heterocycles. The van der Waals surface area contributed by atoms with Gasteiger partial charge in [-0.2, -0.15) is 0 Å². The zero-order chi connectivity index (χ0) is 40.7. The number of hydrogen-bond donors (Lipinski definition) is 1. The van der Waals surface area contributed by atoms with E-state index in [1.54, 1.807) is 12.1 Å². The van der Waals surface area contributed by atoms with Crippen molar-refractivity contribution in [3.8, 4) is 0 Å². The molecule has 0 saturated carbocycles. The second-order valence-electron chi connectivity index (χ2n) is 16.2. The fourth-order valence-electron chi connectivity index (χ4n) is 7.14. The van der Waals surface area contributed by atoms with E-state index in [-0.39, 0.29) is 5.43 Å². The maximum absolute atomic E-state index is 11.1. The van der Waals surface area contributed by atoms with Crippen molar-refractivity contribution < 1.29 is 5.11 Å². The van der Waals surface area contributed by atoms with Crippen LogP contribution in [0.2, 0.25) is 0 Å². The Labute approximate surface area is 348 Å². The van der Waals surface area contributed by atoms with Gasteiger partial charge in [-0.05, 0) is 62.8 Å². The number of nitrogens with zero attached hydrogens (tertiary/aromatic N) is 5. The van der Waals surface area contributed by atoms with Crippen LogP contribution in [0.3, 0.4) is 0 Å². The average molecular weight is 788 g/mol. The first-order chi connectivity index (χ1) is 28.1. The summed E-state index contributed by atoms with van der Waals surface area (Å²) in [5, 5.41) is 11.0. The van der Waals surface area contributed by atoms with Crippen molar-refractivity contribution in [3.63, 3.8) is 0 Å². The summed E-state index contributed by atoms with van der Waals surface area (Å²) in [5.74, 6) is 0. The minimum Gasteiger partial charge on any atom is -0.396 e. The number of hydrogen-bond acceptors (Lipinski definition) is 4. The summed E-state index contributed by atoms with van der Waals surface area (Å²) in [6.45, 7) is 10.0. The van der Waals surface area contributed by atoms with Gasteiger partial charge in [-0.25, -0.2) is 0 Å². The lowest BCUT2D eigenvalue weighted by Crippen LogP contribution is -2.06. The summed E-state index contributed by atoms with van der Waals surface area (Å²) in [5.41, 5.74) is 0.0889. The van der Waals surface area contributed by atoms with Gasteiger partial charge in [0.25, 0.3) is 0 Å². The predicted octanol–water partition coefficient (Wildman–Crippen LogP) is 12.2. The van der Waals surface area contributed by atoms with Crippen LogP contribution in [-0.4, -0.2) is 38.5 Å². The van der Waals surface area contributed by atoms with E-state index in [0.717, 1.165) is 49.9 Å². The lowest BCUT2D eigenvalue weighted by molar-refractivity contribution is 0.282. The summed E-state index contributed by atoms with van der Waals surface area (Å²) < 4.78 is 6.68. The quantitative estimate of drug-likeness (QED) is 0.0612. The maximum atomic E-state index is 11.1. The van der Waals surface area contributed by atoms with Crippen LogP contribution < -0.4 is 16.1 Å². The smallest absolute Gasteiger partial charge is 0.181 e. The molecule has 0 amide bonds. The molecule has 0 fully saturated rings. The summed E-state index contributed by atoms with van der Waals surface area (Å²) in [4.78, 5) is 20.5. The molecule has 0 saturated heterocycles. The third-order valence-corrected chi connectivity index (χ3v) is 10.9. The van der Waals surface area contributed by atoms with Crippen molar-refractivity contribution >= 4 is 0 Å². The Balaban J connectivity index is 0.000000406. The fourth-order valence-corrected chi connectivity index (χ4v) is 7.14. The summed E-state index contributed by atoms with van der Waals surface area (Å²) in [6, 6.07) is 11.9. The Bertz CT molecular complexity index is 1460. The Morgan fingerprint density at radius 2 is 0.667 bits per heavy atom. The Morgan fingerprint density at radius 1 is 0.386 bits per heavy atom. The van der Waals surface area contributed by atoms with Crippen molar-refractivity contribution in [1.82, 2.24) is 13.7 Å². The third-order valence-electron chi connectivity index (χ3n) is 10.9. The Morgan fingerprint density at radius 3 is 1.00 bits per heavy atom.